The summed E-state index contributed by atoms with van der Waals surface area (Å²) >= 11 is 0. The fraction of sp³-hybridized carbons (Fsp3) is 0.0926. The van der Waals surface area contributed by atoms with Crippen LogP contribution in [0.5, 0.6) is 0 Å². The normalized spacial score (nSPS) is 15.6. The van der Waals surface area contributed by atoms with E-state index in [0.717, 1.165) is 22.0 Å². The predicted octanol–water partition coefficient (Wildman–Crippen LogP) is 13.5. The fourth-order valence-electron chi connectivity index (χ4n) is 8.24. The number of halogens is 6. The molecule has 4 nitrogen and oxygen atoms in total. The highest BCUT2D eigenvalue weighted by Crippen LogP contribution is 2.52. The Morgan fingerprint density at radius 3 is 1.75 bits per heavy atom. The molecule has 0 saturated carbocycles. The van der Waals surface area contributed by atoms with Gasteiger partial charge in [0, 0.05) is 33.8 Å². The number of hydrogen-bond donors (Lipinski definition) is 0. The van der Waals surface area contributed by atoms with Crippen LogP contribution in [0.4, 0.5) is 26.3 Å². The van der Waals surface area contributed by atoms with E-state index in [1.165, 1.54) is 60.7 Å². The zero-order chi connectivity index (χ0) is 45.2. The molecule has 0 aliphatic heterocycles. The van der Waals surface area contributed by atoms with Gasteiger partial charge < -0.3 is 4.57 Å². The van der Waals surface area contributed by atoms with Crippen molar-refractivity contribution in [2.24, 2.45) is 0 Å². The first kappa shape index (κ1) is 43.1. The molecule has 1 aromatic heterocycles. The van der Waals surface area contributed by atoms with Crippen LogP contribution in [0.2, 0.25) is 0 Å². The maximum atomic E-state index is 16.0. The highest BCUT2D eigenvalue weighted by molar-refractivity contribution is 7.79. The lowest BCUT2D eigenvalue weighted by atomic mass is 9.95. The topological polar surface area (TPSA) is 55.7 Å². The number of aromatic nitrogens is 3. The molecule has 7 aromatic rings. The molecule has 0 amide bonds. The van der Waals surface area contributed by atoms with E-state index < -0.39 is 53.2 Å². The molecule has 2 atom stereocenters. The van der Waals surface area contributed by atoms with Crippen LogP contribution in [0, 0.1) is 36.0 Å². The van der Waals surface area contributed by atoms with Crippen molar-refractivity contribution >= 4 is 23.3 Å². The minimum atomic E-state index is -3.11. The molecule has 0 fully saturated rings. The van der Waals surface area contributed by atoms with Crippen molar-refractivity contribution in [2.45, 2.75) is 31.8 Å². The lowest BCUT2D eigenvalue weighted by Gasteiger charge is -2.28. The first-order chi connectivity index (χ1) is 31.5. The van der Waals surface area contributed by atoms with E-state index in [4.69, 9.17) is 0 Å². The van der Waals surface area contributed by atoms with Crippen LogP contribution in [-0.2, 0) is 11.0 Å². The van der Waals surface area contributed by atoms with Gasteiger partial charge in [0.05, 0.1) is 11.1 Å². The Bertz CT molecular complexity index is 3130. The molecule has 0 saturated heterocycles. The Labute approximate surface area is 372 Å². The fourth-order valence-corrected chi connectivity index (χ4v) is 11.5. The second kappa shape index (κ2) is 18.1. The van der Waals surface area contributed by atoms with Gasteiger partial charge in [-0.25, -0.2) is 41.3 Å². The Morgan fingerprint density at radius 2 is 1.15 bits per heavy atom. The molecular formula is C54H38F6N3OP. The van der Waals surface area contributed by atoms with Crippen LogP contribution in [0.3, 0.4) is 0 Å². The predicted molar refractivity (Wildman–Crippen MR) is 246 cm³/mol. The number of benzene rings is 6. The minimum Gasteiger partial charge on any atom is -0.313 e. The molecule has 11 heteroatoms. The van der Waals surface area contributed by atoms with Gasteiger partial charge in [0.2, 0.25) is 0 Å². The number of aryl methyl sites for hydroxylation is 1. The maximum Gasteiger partial charge on any atom is 0.170 e. The van der Waals surface area contributed by atoms with Gasteiger partial charge in [0.15, 0.2) is 34.9 Å². The van der Waals surface area contributed by atoms with E-state index in [2.05, 4.69) is 15.0 Å². The highest BCUT2D eigenvalue weighted by Gasteiger charge is 2.36. The van der Waals surface area contributed by atoms with Gasteiger partial charge in [-0.2, -0.15) is 0 Å². The lowest BCUT2D eigenvalue weighted by molar-refractivity contribution is 0.463. The quantitative estimate of drug-likeness (QED) is 0.0780. The molecule has 9 rings (SSSR count). The van der Waals surface area contributed by atoms with Crippen molar-refractivity contribution in [1.29, 1.82) is 0 Å². The minimum absolute atomic E-state index is 0.0687. The Kier molecular flexibility index (Phi) is 12.0. The van der Waals surface area contributed by atoms with Gasteiger partial charge >= 0.3 is 0 Å². The lowest BCUT2D eigenvalue weighted by Crippen LogP contribution is -2.26. The van der Waals surface area contributed by atoms with Gasteiger partial charge in [-0.3, -0.25) is 0 Å². The SMILES string of the molecule is Cc1ccccc1P(=O)(c1ccc(-c2ccc(-c3c(F)c(F)c(-c4ccc(-c5nc(Cc6ccc(F)cc6)nc(C6=CC=C(F)C=CC6)n5)cc4)c(F)c3F)cc2)cc1)C1C=CC=CC1. The number of hydrogen-bond acceptors (Lipinski definition) is 4. The summed E-state index contributed by atoms with van der Waals surface area (Å²) in [5.41, 5.74) is 1.94. The summed E-state index contributed by atoms with van der Waals surface area (Å²) in [6.45, 7) is 1.96. The molecule has 2 unspecified atom stereocenters. The van der Waals surface area contributed by atoms with Crippen LogP contribution in [0.25, 0.3) is 50.3 Å². The molecule has 0 bridgehead atoms. The summed E-state index contributed by atoms with van der Waals surface area (Å²) in [5.74, 6) is -6.31. The Balaban J connectivity index is 0.992. The summed E-state index contributed by atoms with van der Waals surface area (Å²) in [4.78, 5) is 13.8. The molecular weight excluding hydrogens is 852 g/mol. The second-order valence-electron chi connectivity index (χ2n) is 15.8. The molecule has 0 spiro atoms. The van der Waals surface area contributed by atoms with E-state index in [0.29, 0.717) is 40.7 Å². The molecule has 322 valence electrons. The number of rotatable bonds is 10. The summed E-state index contributed by atoms with van der Waals surface area (Å²) in [6.07, 6.45) is 14.9. The van der Waals surface area contributed by atoms with Crippen molar-refractivity contribution in [1.82, 2.24) is 15.0 Å². The van der Waals surface area contributed by atoms with Gasteiger partial charge in [-0.15, -0.1) is 0 Å². The van der Waals surface area contributed by atoms with Crippen LogP contribution < -0.4 is 10.6 Å². The van der Waals surface area contributed by atoms with Crippen molar-refractivity contribution < 1.29 is 30.9 Å². The van der Waals surface area contributed by atoms with Crippen LogP contribution in [0.15, 0.2) is 176 Å². The van der Waals surface area contributed by atoms with E-state index in [1.807, 2.05) is 79.8 Å². The standard InChI is InChI=1S/C54H38F6N3OP/c1-33-8-5-6-13-45(33)65(64,43-11-3-2-4-12-43)44-30-25-36(26-31-44)35-16-18-37(19-17-35)47-49(57)51(59)48(52(60)50(47)58)38-20-22-40(23-21-38)54-62-46(32-34-14-27-42(56)28-15-34)61-53(63-54)39-9-7-10-41(55)29-24-39/h2-8,10-11,13-31,43H,9,12,32H2,1H3. The summed E-state index contributed by atoms with van der Waals surface area (Å²) in [7, 11) is -3.11. The van der Waals surface area contributed by atoms with Crippen LogP contribution >= 0.6 is 7.14 Å². The van der Waals surface area contributed by atoms with Crippen molar-refractivity contribution in [3.8, 4) is 44.8 Å². The van der Waals surface area contributed by atoms with E-state index in [9.17, 15) is 8.78 Å². The number of nitrogens with zero attached hydrogens (tertiary/aromatic N) is 3. The first-order valence-corrected chi connectivity index (χ1v) is 22.7. The third kappa shape index (κ3) is 8.62. The van der Waals surface area contributed by atoms with Gasteiger partial charge in [0.1, 0.15) is 24.6 Å². The highest BCUT2D eigenvalue weighted by atomic mass is 31.2. The van der Waals surface area contributed by atoms with Crippen molar-refractivity contribution in [3.63, 3.8) is 0 Å². The monoisotopic (exact) mass is 889 g/mol. The summed E-state index contributed by atoms with van der Waals surface area (Å²) in [6, 6.07) is 32.5. The maximum absolute atomic E-state index is 16.0. The average molecular weight is 890 g/mol. The number of allylic oxidation sites excluding steroid dienone is 10. The zero-order valence-corrected chi connectivity index (χ0v) is 35.7. The first-order valence-electron chi connectivity index (χ1n) is 20.9. The molecule has 1 heterocycles. The van der Waals surface area contributed by atoms with Gasteiger partial charge in [0.25, 0.3) is 0 Å². The zero-order valence-electron chi connectivity index (χ0n) is 34.8. The molecule has 6 aromatic carbocycles. The Morgan fingerprint density at radius 1 is 0.585 bits per heavy atom. The molecule has 0 N–H and O–H groups in total. The third-order valence-corrected chi connectivity index (χ3v) is 15.3. The van der Waals surface area contributed by atoms with E-state index in [-0.39, 0.29) is 34.9 Å². The summed E-state index contributed by atoms with van der Waals surface area (Å²) < 4.78 is 106. The summed E-state index contributed by atoms with van der Waals surface area (Å²) in [5, 5.41) is 1.50. The van der Waals surface area contributed by atoms with Crippen molar-refractivity contribution in [3.05, 3.63) is 228 Å². The van der Waals surface area contributed by atoms with Crippen molar-refractivity contribution in [2.75, 3.05) is 0 Å². The van der Waals surface area contributed by atoms with E-state index in [1.54, 1.807) is 36.4 Å². The molecule has 2 aliphatic carbocycles. The largest absolute Gasteiger partial charge is 0.313 e. The molecule has 0 radical (unpaired) electrons. The van der Waals surface area contributed by atoms with Crippen LogP contribution in [0.1, 0.15) is 35.6 Å². The molecule has 2 aliphatic rings. The van der Waals surface area contributed by atoms with E-state index >= 15 is 22.1 Å². The van der Waals surface area contributed by atoms with Gasteiger partial charge in [-0.05, 0) is 77.4 Å². The smallest absolute Gasteiger partial charge is 0.170 e. The van der Waals surface area contributed by atoms with Gasteiger partial charge in [-0.1, -0.05) is 146 Å². The van der Waals surface area contributed by atoms with Crippen LogP contribution in [-0.4, -0.2) is 20.6 Å². The second-order valence-corrected chi connectivity index (χ2v) is 18.8. The average Bonchev–Trinajstić information content (AvgIpc) is 3.56. The Hall–Kier alpha value is -7.16. The third-order valence-electron chi connectivity index (χ3n) is 11.7. The molecule has 65 heavy (non-hydrogen) atoms.